The molecule has 18 heavy (non-hydrogen) atoms. The Morgan fingerprint density at radius 2 is 1.56 bits per heavy atom. The van der Waals surface area contributed by atoms with Crippen LogP contribution in [0.2, 0.25) is 0 Å². The van der Waals surface area contributed by atoms with Gasteiger partial charge in [-0.2, -0.15) is 0 Å². The third-order valence-electron chi connectivity index (χ3n) is 3.49. The van der Waals surface area contributed by atoms with Gasteiger partial charge in [-0.3, -0.25) is 4.79 Å². The predicted octanol–water partition coefficient (Wildman–Crippen LogP) is 3.25. The molecule has 0 fully saturated rings. The van der Waals surface area contributed by atoms with Crippen molar-refractivity contribution in [3.8, 4) is 0 Å². The number of carboxylic acid groups (broad SMARTS) is 1. The summed E-state index contributed by atoms with van der Waals surface area (Å²) in [4.78, 5) is 11.4. The van der Waals surface area contributed by atoms with Gasteiger partial charge < -0.3 is 9.59 Å². The Bertz CT molecular complexity index is 282. The van der Waals surface area contributed by atoms with Gasteiger partial charge in [0.2, 0.25) is 0 Å². The van der Waals surface area contributed by atoms with Crippen molar-refractivity contribution in [1.29, 1.82) is 0 Å². The molecule has 108 valence electrons. The first-order chi connectivity index (χ1) is 7.75. The van der Waals surface area contributed by atoms with Crippen LogP contribution in [-0.2, 0) is 4.79 Å². The predicted molar refractivity (Wildman–Crippen MR) is 76.5 cm³/mol. The maximum atomic E-state index is 11.4. The van der Waals surface area contributed by atoms with Crippen LogP contribution in [0.3, 0.4) is 0 Å². The van der Waals surface area contributed by atoms with Crippen LogP contribution in [0.25, 0.3) is 0 Å². The monoisotopic (exact) mass is 258 g/mol. The lowest BCUT2D eigenvalue weighted by atomic mass is 9.80. The van der Waals surface area contributed by atoms with E-state index >= 15 is 0 Å². The molecule has 1 N–H and O–H groups in total. The number of aliphatic carboxylic acids is 1. The van der Waals surface area contributed by atoms with Crippen LogP contribution in [0.15, 0.2) is 0 Å². The average molecular weight is 258 g/mol. The minimum Gasteiger partial charge on any atom is -0.481 e. The van der Waals surface area contributed by atoms with Crippen LogP contribution in [-0.4, -0.2) is 42.7 Å². The lowest BCUT2D eigenvalue weighted by Crippen LogP contribution is -2.49. The van der Waals surface area contributed by atoms with Gasteiger partial charge in [-0.15, -0.1) is 0 Å². The Kier molecular flexibility index (Phi) is 5.42. The molecule has 0 bridgehead atoms. The zero-order valence-electron chi connectivity index (χ0n) is 13.5. The quantitative estimate of drug-likeness (QED) is 0.769. The van der Waals surface area contributed by atoms with Crippen molar-refractivity contribution in [2.75, 3.05) is 27.2 Å². The Balaban J connectivity index is 4.67. The van der Waals surface area contributed by atoms with Crippen LogP contribution in [0.4, 0.5) is 0 Å². The molecule has 0 radical (unpaired) electrons. The van der Waals surface area contributed by atoms with E-state index in [1.165, 1.54) is 0 Å². The number of hydrogen-bond acceptors (Lipinski definition) is 1. The van der Waals surface area contributed by atoms with Gasteiger partial charge in [-0.1, -0.05) is 41.5 Å². The zero-order valence-corrected chi connectivity index (χ0v) is 13.5. The number of carboxylic acids is 1. The Morgan fingerprint density at radius 3 is 1.83 bits per heavy atom. The number of hydrogen-bond donors (Lipinski definition) is 1. The molecule has 1 atom stereocenters. The van der Waals surface area contributed by atoms with Crippen LogP contribution in [0.1, 0.15) is 48.0 Å². The number of carbonyl (C=O) groups is 1. The molecule has 0 rings (SSSR count). The molecule has 0 heterocycles. The van der Waals surface area contributed by atoms with Crippen molar-refractivity contribution in [2.24, 2.45) is 16.7 Å². The Labute approximate surface area is 113 Å². The molecule has 3 heteroatoms. The highest BCUT2D eigenvalue weighted by Crippen LogP contribution is 2.29. The second-order valence-electron chi connectivity index (χ2n) is 8.41. The van der Waals surface area contributed by atoms with Crippen molar-refractivity contribution >= 4 is 5.97 Å². The van der Waals surface area contributed by atoms with E-state index in [0.717, 1.165) is 17.4 Å². The highest BCUT2D eigenvalue weighted by molar-refractivity contribution is 5.71. The molecule has 0 saturated carbocycles. The lowest BCUT2D eigenvalue weighted by molar-refractivity contribution is -0.894. The summed E-state index contributed by atoms with van der Waals surface area (Å²) in [6, 6.07) is 0. The lowest BCUT2D eigenvalue weighted by Gasteiger charge is -2.38. The molecule has 0 spiro atoms. The summed E-state index contributed by atoms with van der Waals surface area (Å²) in [6.07, 6.45) is 1.11. The molecule has 1 unspecified atom stereocenters. The molecule has 0 aliphatic heterocycles. The fourth-order valence-corrected chi connectivity index (χ4v) is 1.95. The van der Waals surface area contributed by atoms with Crippen molar-refractivity contribution in [2.45, 2.75) is 48.0 Å². The highest BCUT2D eigenvalue weighted by atomic mass is 16.4. The third-order valence-corrected chi connectivity index (χ3v) is 3.49. The van der Waals surface area contributed by atoms with E-state index in [2.05, 4.69) is 34.9 Å². The fraction of sp³-hybridized carbons (Fsp3) is 0.933. The van der Waals surface area contributed by atoms with Gasteiger partial charge in [0.05, 0.1) is 27.2 Å². The third kappa shape index (κ3) is 7.00. The van der Waals surface area contributed by atoms with Gasteiger partial charge in [0.25, 0.3) is 0 Å². The standard InChI is InChI=1S/C15H31NO2/c1-14(2,3)9-10-16(7,8)11-12(13(17)18)15(4,5)6/h12H,9-11H2,1-8H3/p+1. The van der Waals surface area contributed by atoms with E-state index in [9.17, 15) is 9.90 Å². The van der Waals surface area contributed by atoms with E-state index in [1.807, 2.05) is 20.8 Å². The van der Waals surface area contributed by atoms with Gasteiger partial charge in [0.1, 0.15) is 5.92 Å². The van der Waals surface area contributed by atoms with E-state index in [1.54, 1.807) is 0 Å². The Morgan fingerprint density at radius 1 is 1.11 bits per heavy atom. The largest absolute Gasteiger partial charge is 0.481 e. The zero-order chi connectivity index (χ0) is 14.8. The average Bonchev–Trinajstić information content (AvgIpc) is 2.08. The minimum absolute atomic E-state index is 0.191. The maximum Gasteiger partial charge on any atom is 0.312 e. The van der Waals surface area contributed by atoms with Gasteiger partial charge in [0, 0.05) is 6.42 Å². The molecule has 0 aromatic rings. The summed E-state index contributed by atoms with van der Waals surface area (Å²) in [7, 11) is 4.26. The normalized spacial score (nSPS) is 15.6. The maximum absolute atomic E-state index is 11.4. The highest BCUT2D eigenvalue weighted by Gasteiger charge is 2.37. The molecule has 0 saturated heterocycles. The van der Waals surface area contributed by atoms with Gasteiger partial charge in [-0.25, -0.2) is 0 Å². The number of nitrogens with zero attached hydrogens (tertiary/aromatic N) is 1. The summed E-state index contributed by atoms with van der Waals surface area (Å²) < 4.78 is 0.769. The molecule has 0 amide bonds. The van der Waals surface area contributed by atoms with Crippen LogP contribution >= 0.6 is 0 Å². The fourth-order valence-electron chi connectivity index (χ4n) is 1.95. The number of rotatable bonds is 5. The summed E-state index contributed by atoms with van der Waals surface area (Å²) in [6.45, 7) is 14.4. The van der Waals surface area contributed by atoms with Gasteiger partial charge in [0.15, 0.2) is 0 Å². The van der Waals surface area contributed by atoms with Crippen LogP contribution in [0, 0.1) is 16.7 Å². The van der Waals surface area contributed by atoms with E-state index in [-0.39, 0.29) is 11.3 Å². The first kappa shape index (κ1) is 17.4. The molecule has 0 aliphatic rings. The van der Waals surface area contributed by atoms with Crippen molar-refractivity contribution in [1.82, 2.24) is 0 Å². The van der Waals surface area contributed by atoms with Crippen molar-refractivity contribution in [3.63, 3.8) is 0 Å². The summed E-state index contributed by atoms with van der Waals surface area (Å²) in [5, 5.41) is 9.39. The summed E-state index contributed by atoms with van der Waals surface area (Å²) in [5.41, 5.74) is 0.110. The van der Waals surface area contributed by atoms with Crippen molar-refractivity contribution < 1.29 is 14.4 Å². The smallest absolute Gasteiger partial charge is 0.312 e. The van der Waals surface area contributed by atoms with Crippen LogP contribution < -0.4 is 0 Å². The molecule has 0 aromatic carbocycles. The minimum atomic E-state index is -0.676. The number of quaternary nitrogens is 1. The first-order valence-electron chi connectivity index (χ1n) is 6.79. The van der Waals surface area contributed by atoms with E-state index in [4.69, 9.17) is 0 Å². The molecule has 0 aliphatic carbocycles. The van der Waals surface area contributed by atoms with Crippen molar-refractivity contribution in [3.05, 3.63) is 0 Å². The summed E-state index contributed by atoms with van der Waals surface area (Å²) >= 11 is 0. The summed E-state index contributed by atoms with van der Waals surface area (Å²) in [5.74, 6) is -0.975. The second kappa shape index (κ2) is 5.60. The van der Waals surface area contributed by atoms with E-state index in [0.29, 0.717) is 12.0 Å². The molecule has 3 nitrogen and oxygen atoms in total. The second-order valence-corrected chi connectivity index (χ2v) is 8.41. The van der Waals surface area contributed by atoms with Crippen LogP contribution in [0.5, 0.6) is 0 Å². The molecular formula is C15H32NO2+. The van der Waals surface area contributed by atoms with Gasteiger partial charge >= 0.3 is 5.97 Å². The van der Waals surface area contributed by atoms with Gasteiger partial charge in [-0.05, 0) is 10.8 Å². The molecular weight excluding hydrogens is 226 g/mol. The Hall–Kier alpha value is -0.570. The van der Waals surface area contributed by atoms with E-state index < -0.39 is 5.97 Å². The topological polar surface area (TPSA) is 37.3 Å². The first-order valence-corrected chi connectivity index (χ1v) is 6.79. The SMILES string of the molecule is CC(C)(C)CC[N+](C)(C)CC(C(=O)O)C(C)(C)C. The molecule has 0 aromatic heterocycles.